The lowest BCUT2D eigenvalue weighted by Crippen LogP contribution is -2.68. The fourth-order valence-corrected chi connectivity index (χ4v) is 6.56. The van der Waals surface area contributed by atoms with Crippen molar-refractivity contribution in [1.29, 1.82) is 0 Å². The van der Waals surface area contributed by atoms with Gasteiger partial charge in [0, 0.05) is 17.8 Å². The Bertz CT molecular complexity index is 1480. The molecule has 42 heavy (non-hydrogen) atoms. The summed E-state index contributed by atoms with van der Waals surface area (Å²) in [4.78, 5) is 58.3. The number of rotatable bonds is 6. The summed E-state index contributed by atoms with van der Waals surface area (Å²) < 4.78 is 17.7. The maximum atomic E-state index is 14.4. The molecule has 1 amide bonds. The quantitative estimate of drug-likeness (QED) is 0.476. The van der Waals surface area contributed by atoms with Crippen LogP contribution in [0.2, 0.25) is 0 Å². The lowest BCUT2D eigenvalue weighted by atomic mass is 9.67. The summed E-state index contributed by atoms with van der Waals surface area (Å²) in [7, 11) is 0. The van der Waals surface area contributed by atoms with E-state index in [-0.39, 0.29) is 47.8 Å². The number of carbonyl (C=O) groups excluding carboxylic acids is 4. The summed E-state index contributed by atoms with van der Waals surface area (Å²) >= 11 is 0. The molecule has 3 heterocycles. The van der Waals surface area contributed by atoms with Gasteiger partial charge >= 0.3 is 11.9 Å². The molecule has 6 rings (SSSR count). The SMILES string of the molecule is CCOC(=O)[C@H]1N(C(=O)c2ccccc2)N=C2N(C3CCCCC3)C=C3C(=O)c4ccccc4O[C@@H]3[C@]21C(=O)OCC. The Morgan fingerprint density at radius 1 is 0.952 bits per heavy atom. The van der Waals surface area contributed by atoms with Crippen molar-refractivity contribution in [1.82, 2.24) is 9.91 Å². The van der Waals surface area contributed by atoms with Gasteiger partial charge in [0.25, 0.3) is 5.91 Å². The molecule has 3 aliphatic heterocycles. The highest BCUT2D eigenvalue weighted by atomic mass is 16.5. The van der Waals surface area contributed by atoms with Gasteiger partial charge in [-0.05, 0) is 51.0 Å². The molecule has 0 saturated heterocycles. The van der Waals surface area contributed by atoms with Crippen molar-refractivity contribution < 1.29 is 33.4 Å². The number of nitrogens with zero attached hydrogens (tertiary/aromatic N) is 3. The number of hydrogen-bond donors (Lipinski definition) is 0. The highest BCUT2D eigenvalue weighted by molar-refractivity contribution is 6.20. The van der Waals surface area contributed by atoms with Crippen molar-refractivity contribution in [2.45, 2.75) is 64.1 Å². The largest absolute Gasteiger partial charge is 0.483 e. The first-order chi connectivity index (χ1) is 20.4. The summed E-state index contributed by atoms with van der Waals surface area (Å²) in [6, 6.07) is 13.5. The maximum absolute atomic E-state index is 14.4. The van der Waals surface area contributed by atoms with Crippen LogP contribution in [0, 0.1) is 5.41 Å². The third kappa shape index (κ3) is 4.19. The van der Waals surface area contributed by atoms with E-state index in [2.05, 4.69) is 0 Å². The Morgan fingerprint density at radius 3 is 2.36 bits per heavy atom. The molecule has 4 aliphatic rings. The molecule has 3 atom stereocenters. The monoisotopic (exact) mass is 571 g/mol. The lowest BCUT2D eigenvalue weighted by Gasteiger charge is -2.48. The second-order valence-corrected chi connectivity index (χ2v) is 10.8. The van der Waals surface area contributed by atoms with Crippen LogP contribution in [0.25, 0.3) is 0 Å². The number of Topliss-reactive ketones (excluding diaryl/α,β-unsaturated/α-hetero) is 1. The number of hydrazone groups is 1. The minimum atomic E-state index is -2.00. The number of para-hydroxylation sites is 1. The van der Waals surface area contributed by atoms with Gasteiger partial charge in [-0.2, -0.15) is 5.10 Å². The minimum absolute atomic E-state index is 0.000731. The van der Waals surface area contributed by atoms with Gasteiger partial charge in [0.1, 0.15) is 5.75 Å². The molecule has 0 unspecified atom stereocenters. The first kappa shape index (κ1) is 27.7. The normalized spacial score (nSPS) is 24.9. The second kappa shape index (κ2) is 11.1. The van der Waals surface area contributed by atoms with E-state index in [9.17, 15) is 19.2 Å². The molecule has 10 nitrogen and oxygen atoms in total. The Morgan fingerprint density at radius 2 is 1.64 bits per heavy atom. The standard InChI is InChI=1S/C32H33N3O7/c1-3-40-29(38)26-32(31(39)41-4-2)27-23(25(36)22-17-11-12-18-24(22)42-27)19-34(21-15-9-6-10-16-21)30(32)33-35(26)28(37)20-13-7-5-8-14-20/h5,7-8,11-14,17-19,21,26-27H,3-4,6,9-10,15-16H2,1-2H3/t26-,27+,32+/m1/s1. The lowest BCUT2D eigenvalue weighted by molar-refractivity contribution is -0.168. The van der Waals surface area contributed by atoms with Gasteiger partial charge in [-0.25, -0.2) is 9.80 Å². The Balaban J connectivity index is 1.62. The van der Waals surface area contributed by atoms with Crippen LogP contribution in [-0.4, -0.2) is 70.8 Å². The predicted molar refractivity (Wildman–Crippen MR) is 152 cm³/mol. The zero-order valence-electron chi connectivity index (χ0n) is 23.7. The van der Waals surface area contributed by atoms with Crippen molar-refractivity contribution in [3.05, 3.63) is 77.5 Å². The van der Waals surface area contributed by atoms with E-state index in [1.54, 1.807) is 74.6 Å². The van der Waals surface area contributed by atoms with Gasteiger partial charge in [0.15, 0.2) is 23.8 Å². The van der Waals surface area contributed by atoms with Gasteiger partial charge in [0.05, 0.1) is 24.4 Å². The number of carbonyl (C=O) groups is 4. The third-order valence-electron chi connectivity index (χ3n) is 8.43. The summed E-state index contributed by atoms with van der Waals surface area (Å²) in [6.45, 7) is 3.30. The number of amides is 1. The summed E-state index contributed by atoms with van der Waals surface area (Å²) in [5.41, 5.74) is -1.17. The van der Waals surface area contributed by atoms with Gasteiger partial charge in [0.2, 0.25) is 5.41 Å². The molecule has 2 aromatic carbocycles. The third-order valence-corrected chi connectivity index (χ3v) is 8.43. The van der Waals surface area contributed by atoms with Gasteiger partial charge < -0.3 is 19.1 Å². The second-order valence-electron chi connectivity index (χ2n) is 10.8. The van der Waals surface area contributed by atoms with E-state index in [1.165, 1.54) is 0 Å². The number of esters is 2. The fourth-order valence-electron chi connectivity index (χ4n) is 6.56. The number of ketones is 1. The van der Waals surface area contributed by atoms with Crippen LogP contribution in [-0.2, 0) is 19.1 Å². The number of fused-ring (bicyclic) bond motifs is 4. The number of benzene rings is 2. The van der Waals surface area contributed by atoms with Crippen molar-refractivity contribution in [3.63, 3.8) is 0 Å². The minimum Gasteiger partial charge on any atom is -0.483 e. The number of ether oxygens (including phenoxy) is 3. The van der Waals surface area contributed by atoms with E-state index in [0.29, 0.717) is 5.56 Å². The van der Waals surface area contributed by atoms with E-state index >= 15 is 0 Å². The number of hydrogen-bond acceptors (Lipinski definition) is 9. The Labute approximate surface area is 243 Å². The van der Waals surface area contributed by atoms with E-state index in [0.717, 1.165) is 37.1 Å². The molecule has 10 heteroatoms. The van der Waals surface area contributed by atoms with Crippen LogP contribution in [0.4, 0.5) is 0 Å². The number of amidine groups is 1. The molecular formula is C32H33N3O7. The van der Waals surface area contributed by atoms with Crippen molar-refractivity contribution in [3.8, 4) is 5.75 Å². The molecule has 0 N–H and O–H groups in total. The highest BCUT2D eigenvalue weighted by Crippen LogP contribution is 2.51. The smallest absolute Gasteiger partial charge is 0.332 e. The van der Waals surface area contributed by atoms with Gasteiger partial charge in [-0.1, -0.05) is 49.6 Å². The Hall–Kier alpha value is -4.47. The van der Waals surface area contributed by atoms with Gasteiger partial charge in [-0.3, -0.25) is 14.4 Å². The average molecular weight is 572 g/mol. The molecule has 0 aromatic heterocycles. The van der Waals surface area contributed by atoms with E-state index in [1.807, 2.05) is 4.90 Å². The van der Waals surface area contributed by atoms with Gasteiger partial charge in [-0.15, -0.1) is 0 Å². The first-order valence-corrected chi connectivity index (χ1v) is 14.5. The van der Waals surface area contributed by atoms with Crippen molar-refractivity contribution in [2.24, 2.45) is 10.5 Å². The van der Waals surface area contributed by atoms with Crippen molar-refractivity contribution >= 4 is 29.5 Å². The van der Waals surface area contributed by atoms with Crippen LogP contribution in [0.1, 0.15) is 66.7 Å². The highest BCUT2D eigenvalue weighted by Gasteiger charge is 2.73. The fraction of sp³-hybridized carbons (Fsp3) is 0.406. The summed E-state index contributed by atoms with van der Waals surface area (Å²) in [6.07, 6.45) is 4.96. The molecular weight excluding hydrogens is 538 g/mol. The molecule has 1 saturated carbocycles. The molecule has 0 radical (unpaired) electrons. The van der Waals surface area contributed by atoms with Crippen LogP contribution >= 0.6 is 0 Å². The molecule has 1 aliphatic carbocycles. The van der Waals surface area contributed by atoms with Crippen LogP contribution in [0.3, 0.4) is 0 Å². The summed E-state index contributed by atoms with van der Waals surface area (Å²) in [5.74, 6) is -2.14. The maximum Gasteiger partial charge on any atom is 0.332 e. The molecule has 0 bridgehead atoms. The molecule has 0 spiro atoms. The average Bonchev–Trinajstić information content (AvgIpc) is 3.39. The van der Waals surface area contributed by atoms with Crippen molar-refractivity contribution in [2.75, 3.05) is 13.2 Å². The van der Waals surface area contributed by atoms with Crippen LogP contribution in [0.15, 0.2) is 71.5 Å². The van der Waals surface area contributed by atoms with E-state index in [4.69, 9.17) is 19.3 Å². The van der Waals surface area contributed by atoms with Crippen LogP contribution in [0.5, 0.6) is 5.75 Å². The summed E-state index contributed by atoms with van der Waals surface area (Å²) in [5, 5.41) is 5.79. The molecule has 2 aromatic rings. The zero-order chi connectivity index (χ0) is 29.4. The Kier molecular flexibility index (Phi) is 7.30. The van der Waals surface area contributed by atoms with E-state index < -0.39 is 35.4 Å². The zero-order valence-corrected chi connectivity index (χ0v) is 23.7. The molecule has 218 valence electrons. The topological polar surface area (TPSA) is 115 Å². The molecule has 1 fully saturated rings. The van der Waals surface area contributed by atoms with Crippen LogP contribution < -0.4 is 4.74 Å². The first-order valence-electron chi connectivity index (χ1n) is 14.5. The predicted octanol–water partition coefficient (Wildman–Crippen LogP) is 4.11.